The van der Waals surface area contributed by atoms with E-state index in [9.17, 15) is 9.59 Å². The molecule has 0 aliphatic carbocycles. The van der Waals surface area contributed by atoms with Crippen LogP contribution in [0.4, 0.5) is 5.69 Å². The Labute approximate surface area is 157 Å². The summed E-state index contributed by atoms with van der Waals surface area (Å²) in [5.41, 5.74) is 2.81. The topological polar surface area (TPSA) is 91.7 Å². The van der Waals surface area contributed by atoms with Crippen molar-refractivity contribution in [3.63, 3.8) is 0 Å². The molecule has 1 aliphatic heterocycles. The molecule has 0 aromatic heterocycles. The number of hydrogen-bond acceptors (Lipinski definition) is 5. The van der Waals surface area contributed by atoms with Gasteiger partial charge in [0.05, 0.1) is 25.9 Å². The van der Waals surface area contributed by atoms with Crippen molar-refractivity contribution in [3.05, 3.63) is 53.1 Å². The predicted molar refractivity (Wildman–Crippen MR) is 98.5 cm³/mol. The summed E-state index contributed by atoms with van der Waals surface area (Å²) >= 11 is 0. The van der Waals surface area contributed by atoms with Gasteiger partial charge in [-0.3, -0.25) is 9.59 Å². The molecule has 0 saturated carbocycles. The molecule has 27 heavy (non-hydrogen) atoms. The fraction of sp³-hybridized carbons (Fsp3) is 0.250. The van der Waals surface area contributed by atoms with Crippen LogP contribution in [0.15, 0.2) is 36.4 Å². The Hall–Kier alpha value is -3.53. The zero-order valence-corrected chi connectivity index (χ0v) is 15.1. The summed E-state index contributed by atoms with van der Waals surface area (Å²) in [5, 5.41) is 11.5. The summed E-state index contributed by atoms with van der Waals surface area (Å²) < 4.78 is 10.6. The van der Waals surface area contributed by atoms with E-state index in [1.54, 1.807) is 32.4 Å². The van der Waals surface area contributed by atoms with Crippen LogP contribution in [0.2, 0.25) is 0 Å². The first-order valence-corrected chi connectivity index (χ1v) is 8.40. The molecule has 7 heteroatoms. The van der Waals surface area contributed by atoms with E-state index in [1.165, 1.54) is 11.0 Å². The Morgan fingerprint density at radius 3 is 2.48 bits per heavy atom. The molecule has 7 nitrogen and oxygen atoms in total. The van der Waals surface area contributed by atoms with Gasteiger partial charge in [-0.05, 0) is 47.9 Å². The number of carbonyl (C=O) groups is 2. The maximum atomic E-state index is 12.5. The van der Waals surface area contributed by atoms with Gasteiger partial charge in [-0.15, -0.1) is 0 Å². The first kappa shape index (κ1) is 18.3. The van der Waals surface area contributed by atoms with Gasteiger partial charge in [0.15, 0.2) is 11.5 Å². The largest absolute Gasteiger partial charge is 0.493 e. The number of hydrogen-bond donors (Lipinski definition) is 1. The van der Waals surface area contributed by atoms with E-state index in [0.29, 0.717) is 42.3 Å². The summed E-state index contributed by atoms with van der Waals surface area (Å²) in [6.45, 7) is 0.757. The average Bonchev–Trinajstić information content (AvgIpc) is 2.71. The normalized spacial score (nSPS) is 12.6. The lowest BCUT2D eigenvalue weighted by Gasteiger charge is -2.29. The summed E-state index contributed by atoms with van der Waals surface area (Å²) in [5.74, 6) is -0.110. The van der Waals surface area contributed by atoms with Crippen LogP contribution in [-0.2, 0) is 22.6 Å². The van der Waals surface area contributed by atoms with Gasteiger partial charge in [0.25, 0.3) is 0 Å². The van der Waals surface area contributed by atoms with E-state index < -0.39 is 11.8 Å². The average molecular weight is 365 g/mol. The Morgan fingerprint density at radius 1 is 1.11 bits per heavy atom. The fourth-order valence-electron chi connectivity index (χ4n) is 3.05. The predicted octanol–water partition coefficient (Wildman–Crippen LogP) is 2.10. The number of fused-ring (bicyclic) bond motifs is 1. The Kier molecular flexibility index (Phi) is 5.27. The van der Waals surface area contributed by atoms with E-state index in [2.05, 4.69) is 5.32 Å². The maximum absolute atomic E-state index is 12.5. The number of benzene rings is 2. The lowest BCUT2D eigenvalue weighted by molar-refractivity contribution is -0.143. The van der Waals surface area contributed by atoms with Crippen molar-refractivity contribution in [2.45, 2.75) is 13.0 Å². The van der Waals surface area contributed by atoms with Gasteiger partial charge in [0.1, 0.15) is 0 Å². The summed E-state index contributed by atoms with van der Waals surface area (Å²) in [6, 6.07) is 12.2. The molecule has 0 radical (unpaired) electrons. The number of amides is 2. The quantitative estimate of drug-likeness (QED) is 0.841. The Morgan fingerprint density at radius 2 is 1.81 bits per heavy atom. The van der Waals surface area contributed by atoms with E-state index in [0.717, 1.165) is 11.1 Å². The lowest BCUT2D eigenvalue weighted by Crippen LogP contribution is -2.42. The van der Waals surface area contributed by atoms with Crippen LogP contribution in [0.25, 0.3) is 0 Å². The molecule has 1 N–H and O–H groups in total. The number of rotatable bonds is 3. The zero-order chi connectivity index (χ0) is 19.4. The van der Waals surface area contributed by atoms with Gasteiger partial charge in [-0.25, -0.2) is 0 Å². The van der Waals surface area contributed by atoms with Crippen molar-refractivity contribution >= 4 is 17.5 Å². The van der Waals surface area contributed by atoms with Gasteiger partial charge < -0.3 is 19.7 Å². The molecular weight excluding hydrogens is 346 g/mol. The molecule has 0 saturated heterocycles. The first-order valence-electron chi connectivity index (χ1n) is 8.40. The van der Waals surface area contributed by atoms with Crippen LogP contribution < -0.4 is 14.8 Å². The van der Waals surface area contributed by atoms with Gasteiger partial charge in [0, 0.05) is 18.8 Å². The molecule has 0 atom stereocenters. The molecule has 0 bridgehead atoms. The van der Waals surface area contributed by atoms with Crippen LogP contribution in [0, 0.1) is 11.3 Å². The smallest absolute Gasteiger partial charge is 0.313 e. The van der Waals surface area contributed by atoms with E-state index in [-0.39, 0.29) is 0 Å². The highest BCUT2D eigenvalue weighted by atomic mass is 16.5. The number of nitrogens with zero attached hydrogens (tertiary/aromatic N) is 2. The van der Waals surface area contributed by atoms with Gasteiger partial charge in [-0.2, -0.15) is 5.26 Å². The number of anilines is 1. The molecule has 2 amide bonds. The van der Waals surface area contributed by atoms with Gasteiger partial charge in [-0.1, -0.05) is 6.07 Å². The molecule has 1 heterocycles. The number of nitrogens with one attached hydrogen (secondary N) is 1. The lowest BCUT2D eigenvalue weighted by atomic mass is 9.98. The highest BCUT2D eigenvalue weighted by Gasteiger charge is 2.27. The molecule has 138 valence electrons. The standard InChI is InChI=1S/C20H19N3O4/c1-26-17-9-14-6-7-23(12-15(14)10-18(17)27-2)20(25)19(24)22-16-5-3-4-13(8-16)11-21/h3-5,8-10H,6-7,12H2,1-2H3,(H,22,24). The van der Waals surface area contributed by atoms with Crippen molar-refractivity contribution < 1.29 is 19.1 Å². The summed E-state index contributed by atoms with van der Waals surface area (Å²) in [7, 11) is 3.13. The minimum Gasteiger partial charge on any atom is -0.493 e. The van der Waals surface area contributed by atoms with Crippen LogP contribution >= 0.6 is 0 Å². The highest BCUT2D eigenvalue weighted by Crippen LogP contribution is 2.33. The van der Waals surface area contributed by atoms with Crippen LogP contribution in [-0.4, -0.2) is 37.5 Å². The monoisotopic (exact) mass is 365 g/mol. The van der Waals surface area contributed by atoms with Crippen LogP contribution in [0.3, 0.4) is 0 Å². The number of ether oxygens (including phenoxy) is 2. The molecule has 1 aliphatic rings. The summed E-state index contributed by atoms with van der Waals surface area (Å²) in [4.78, 5) is 26.4. The van der Waals surface area contributed by atoms with Crippen molar-refractivity contribution in [2.75, 3.05) is 26.1 Å². The Bertz CT molecular complexity index is 933. The number of nitriles is 1. The first-order chi connectivity index (χ1) is 13.0. The SMILES string of the molecule is COc1cc2c(cc1OC)CN(C(=O)C(=O)Nc1cccc(C#N)c1)CC2. The van der Waals surface area contributed by atoms with Gasteiger partial charge in [0.2, 0.25) is 0 Å². The second kappa shape index (κ2) is 7.79. The number of carbonyl (C=O) groups excluding carboxylic acids is 2. The van der Waals surface area contributed by atoms with Crippen LogP contribution in [0.1, 0.15) is 16.7 Å². The van der Waals surface area contributed by atoms with E-state index in [1.807, 2.05) is 18.2 Å². The molecule has 0 fully saturated rings. The zero-order valence-electron chi connectivity index (χ0n) is 15.1. The Balaban J connectivity index is 1.73. The van der Waals surface area contributed by atoms with E-state index >= 15 is 0 Å². The maximum Gasteiger partial charge on any atom is 0.313 e. The highest BCUT2D eigenvalue weighted by molar-refractivity contribution is 6.39. The van der Waals surface area contributed by atoms with Crippen molar-refractivity contribution in [3.8, 4) is 17.6 Å². The summed E-state index contributed by atoms with van der Waals surface area (Å²) in [6.07, 6.45) is 0.624. The second-order valence-electron chi connectivity index (χ2n) is 6.10. The molecule has 3 rings (SSSR count). The third-order valence-electron chi connectivity index (χ3n) is 4.45. The molecule has 0 spiro atoms. The fourth-order valence-corrected chi connectivity index (χ4v) is 3.05. The minimum atomic E-state index is -0.728. The molecule has 0 unspecified atom stereocenters. The molecular formula is C20H19N3O4. The van der Waals surface area contributed by atoms with Crippen molar-refractivity contribution in [1.29, 1.82) is 5.26 Å². The molecule has 2 aromatic rings. The molecule has 2 aromatic carbocycles. The van der Waals surface area contributed by atoms with Crippen molar-refractivity contribution in [2.24, 2.45) is 0 Å². The minimum absolute atomic E-state index is 0.320. The van der Waals surface area contributed by atoms with Gasteiger partial charge >= 0.3 is 11.8 Å². The third-order valence-corrected chi connectivity index (χ3v) is 4.45. The van der Waals surface area contributed by atoms with E-state index in [4.69, 9.17) is 14.7 Å². The number of methoxy groups -OCH3 is 2. The second-order valence-corrected chi connectivity index (χ2v) is 6.10. The van der Waals surface area contributed by atoms with Crippen molar-refractivity contribution in [1.82, 2.24) is 4.90 Å². The van der Waals surface area contributed by atoms with Crippen LogP contribution in [0.5, 0.6) is 11.5 Å². The third kappa shape index (κ3) is 3.85.